The van der Waals surface area contributed by atoms with E-state index in [-0.39, 0.29) is 29.4 Å². The quantitative estimate of drug-likeness (QED) is 0.290. The Morgan fingerprint density at radius 2 is 1.85 bits per heavy atom. The van der Waals surface area contributed by atoms with Crippen LogP contribution in [0.5, 0.6) is 0 Å². The third-order valence-electron chi connectivity index (χ3n) is 7.11. The molecule has 2 aromatic heterocycles. The van der Waals surface area contributed by atoms with Gasteiger partial charge in [-0.25, -0.2) is 4.39 Å². The van der Waals surface area contributed by atoms with Gasteiger partial charge >= 0.3 is 0 Å². The summed E-state index contributed by atoms with van der Waals surface area (Å²) in [5.41, 5.74) is 1.41. The molecule has 0 bridgehead atoms. The summed E-state index contributed by atoms with van der Waals surface area (Å²) in [4.78, 5) is 32.9. The fourth-order valence-electron chi connectivity index (χ4n) is 5.11. The van der Waals surface area contributed by atoms with E-state index in [4.69, 9.17) is 16.6 Å². The highest BCUT2D eigenvalue weighted by molar-refractivity contribution is 8.26. The zero-order valence-electron chi connectivity index (χ0n) is 22.2. The van der Waals surface area contributed by atoms with Crippen LogP contribution < -0.4 is 15.4 Å². The lowest BCUT2D eigenvalue weighted by Crippen LogP contribution is -2.49. The molecule has 0 atom stereocenters. The Bertz CT molecular complexity index is 1580. The van der Waals surface area contributed by atoms with Crippen LogP contribution in [0.4, 0.5) is 15.9 Å². The molecule has 4 heterocycles. The average Bonchev–Trinajstić information content (AvgIpc) is 3.56. The molecule has 3 aromatic rings. The summed E-state index contributed by atoms with van der Waals surface area (Å²) in [6.45, 7) is 6.50. The summed E-state index contributed by atoms with van der Waals surface area (Å²) in [5.74, 6) is 0.747. The minimum absolute atomic E-state index is 0.0551. The molecule has 1 amide bonds. The highest BCUT2D eigenvalue weighted by Crippen LogP contribution is 2.37. The number of halogens is 1. The van der Waals surface area contributed by atoms with E-state index in [0.717, 1.165) is 0 Å². The Balaban J connectivity index is 1.55. The SMILES string of the molecule is CCCn1c(N2CCN(c3ccccc3F)CC2)c(C=C2SC(=S)N(Cc3ccco3)C2=O)c(C)c(C#N)c1=O. The number of furan rings is 1. The highest BCUT2D eigenvalue weighted by atomic mass is 32.2. The maximum absolute atomic E-state index is 14.5. The molecule has 0 saturated carbocycles. The molecule has 206 valence electrons. The number of para-hydroxylation sites is 1. The Morgan fingerprint density at radius 3 is 2.50 bits per heavy atom. The first-order valence-corrected chi connectivity index (χ1v) is 14.3. The van der Waals surface area contributed by atoms with Crippen LogP contribution in [-0.2, 0) is 17.9 Å². The van der Waals surface area contributed by atoms with E-state index in [1.165, 1.54) is 22.7 Å². The Kier molecular flexibility index (Phi) is 8.09. The van der Waals surface area contributed by atoms with Crippen LogP contribution in [0, 0.1) is 24.1 Å². The number of nitrogens with zero attached hydrogens (tertiary/aromatic N) is 5. The zero-order chi connectivity index (χ0) is 28.4. The summed E-state index contributed by atoms with van der Waals surface area (Å²) in [6, 6.07) is 12.3. The maximum Gasteiger partial charge on any atom is 0.270 e. The van der Waals surface area contributed by atoms with Crippen LogP contribution in [0.2, 0.25) is 0 Å². The number of anilines is 2. The predicted molar refractivity (Wildman–Crippen MR) is 159 cm³/mol. The number of carbonyl (C=O) groups excluding carboxylic acids is 1. The second kappa shape index (κ2) is 11.7. The highest BCUT2D eigenvalue weighted by Gasteiger charge is 2.34. The molecule has 2 saturated heterocycles. The average molecular weight is 578 g/mol. The topological polar surface area (TPSA) is 85.7 Å². The normalized spacial score (nSPS) is 16.8. The van der Waals surface area contributed by atoms with Crippen molar-refractivity contribution in [3.63, 3.8) is 0 Å². The van der Waals surface area contributed by atoms with E-state index in [2.05, 4.69) is 11.0 Å². The number of hydrogen-bond acceptors (Lipinski definition) is 8. The largest absolute Gasteiger partial charge is 0.467 e. The first-order chi connectivity index (χ1) is 19.3. The fourth-order valence-corrected chi connectivity index (χ4v) is 6.35. The van der Waals surface area contributed by atoms with Gasteiger partial charge in [0.1, 0.15) is 33.3 Å². The van der Waals surface area contributed by atoms with Gasteiger partial charge < -0.3 is 14.2 Å². The minimum atomic E-state index is -0.351. The standard InChI is InChI=1S/C29H28FN5O3S2/c1-3-10-34-26(33-13-11-32(12-14-33)24-9-5-4-8-23(24)30)21(19(2)22(17-31)27(34)36)16-25-28(37)35(29(39)40-25)18-20-7-6-15-38-20/h4-9,15-16H,3,10-14,18H2,1-2H3. The van der Waals surface area contributed by atoms with Crippen molar-refractivity contribution < 1.29 is 13.6 Å². The molecular formula is C29H28FN5O3S2. The molecule has 2 fully saturated rings. The van der Waals surface area contributed by atoms with Crippen LogP contribution in [0.3, 0.4) is 0 Å². The second-order valence-electron chi connectivity index (χ2n) is 9.58. The van der Waals surface area contributed by atoms with Crippen LogP contribution in [-0.4, -0.2) is 45.9 Å². The molecule has 2 aliphatic heterocycles. The number of hydrogen-bond donors (Lipinski definition) is 0. The van der Waals surface area contributed by atoms with Crippen molar-refractivity contribution in [3.05, 3.63) is 86.2 Å². The van der Waals surface area contributed by atoms with Gasteiger partial charge in [0.15, 0.2) is 0 Å². The summed E-state index contributed by atoms with van der Waals surface area (Å²) < 4.78 is 21.9. The van der Waals surface area contributed by atoms with E-state index in [0.29, 0.717) is 76.8 Å². The van der Waals surface area contributed by atoms with Crippen molar-refractivity contribution in [3.8, 4) is 6.07 Å². The van der Waals surface area contributed by atoms with Gasteiger partial charge in [-0.15, -0.1) is 0 Å². The number of benzene rings is 1. The number of amides is 1. The van der Waals surface area contributed by atoms with Gasteiger partial charge in [0, 0.05) is 38.3 Å². The lowest BCUT2D eigenvalue weighted by Gasteiger charge is -2.39. The van der Waals surface area contributed by atoms with Crippen molar-refractivity contribution >= 4 is 51.8 Å². The summed E-state index contributed by atoms with van der Waals surface area (Å²) in [5, 5.41) is 9.89. The molecule has 0 aliphatic carbocycles. The van der Waals surface area contributed by atoms with E-state index < -0.39 is 0 Å². The molecule has 11 heteroatoms. The van der Waals surface area contributed by atoms with Crippen molar-refractivity contribution in [2.75, 3.05) is 36.0 Å². The predicted octanol–water partition coefficient (Wildman–Crippen LogP) is 4.90. The number of aromatic nitrogens is 1. The number of nitriles is 1. The molecule has 40 heavy (non-hydrogen) atoms. The Morgan fingerprint density at radius 1 is 1.12 bits per heavy atom. The third-order valence-corrected chi connectivity index (χ3v) is 8.49. The number of piperazine rings is 1. The van der Waals surface area contributed by atoms with E-state index in [9.17, 15) is 19.2 Å². The zero-order valence-corrected chi connectivity index (χ0v) is 23.9. The Hall–Kier alpha value is -3.88. The Labute approximate surface area is 241 Å². The van der Waals surface area contributed by atoms with E-state index >= 15 is 0 Å². The van der Waals surface area contributed by atoms with Gasteiger partial charge in [-0.2, -0.15) is 5.26 Å². The first-order valence-electron chi connectivity index (χ1n) is 13.0. The van der Waals surface area contributed by atoms with Crippen LogP contribution in [0.1, 0.15) is 35.8 Å². The van der Waals surface area contributed by atoms with E-state index in [1.54, 1.807) is 48.1 Å². The van der Waals surface area contributed by atoms with Crippen LogP contribution in [0.25, 0.3) is 6.08 Å². The van der Waals surface area contributed by atoms with E-state index in [1.807, 2.05) is 17.9 Å². The smallest absolute Gasteiger partial charge is 0.270 e. The first kappa shape index (κ1) is 27.7. The second-order valence-corrected chi connectivity index (χ2v) is 11.3. The van der Waals surface area contributed by atoms with Gasteiger partial charge in [0.25, 0.3) is 11.5 Å². The molecule has 5 rings (SSSR count). The number of pyridine rings is 1. The summed E-state index contributed by atoms with van der Waals surface area (Å²) >= 11 is 6.70. The van der Waals surface area contributed by atoms with Gasteiger partial charge in [-0.05, 0) is 49.2 Å². The maximum atomic E-state index is 14.5. The monoisotopic (exact) mass is 577 g/mol. The number of thiocarbonyl (C=S) groups is 1. The lowest BCUT2D eigenvalue weighted by atomic mass is 10.0. The fraction of sp³-hybridized carbons (Fsp3) is 0.310. The molecule has 0 unspecified atom stereocenters. The van der Waals surface area contributed by atoms with Gasteiger partial charge in [-0.1, -0.05) is 43.0 Å². The molecule has 8 nitrogen and oxygen atoms in total. The minimum Gasteiger partial charge on any atom is -0.467 e. The van der Waals surface area contributed by atoms with Gasteiger partial charge in [-0.3, -0.25) is 19.1 Å². The third kappa shape index (κ3) is 5.17. The number of thioether (sulfide) groups is 1. The summed E-state index contributed by atoms with van der Waals surface area (Å²) in [7, 11) is 0. The van der Waals surface area contributed by atoms with Crippen LogP contribution >= 0.6 is 24.0 Å². The molecule has 0 spiro atoms. The van der Waals surface area contributed by atoms with Gasteiger partial charge in [0.05, 0.1) is 23.4 Å². The molecule has 0 N–H and O–H groups in total. The number of carbonyl (C=O) groups is 1. The van der Waals surface area contributed by atoms with Crippen LogP contribution in [0.15, 0.2) is 56.8 Å². The molecular weight excluding hydrogens is 549 g/mol. The molecule has 0 radical (unpaired) electrons. The van der Waals surface area contributed by atoms with Crippen molar-refractivity contribution in [2.24, 2.45) is 0 Å². The van der Waals surface area contributed by atoms with Gasteiger partial charge in [0.2, 0.25) is 0 Å². The molecule has 1 aromatic carbocycles. The van der Waals surface area contributed by atoms with Crippen molar-refractivity contribution in [1.82, 2.24) is 9.47 Å². The van der Waals surface area contributed by atoms with Crippen molar-refractivity contribution in [2.45, 2.75) is 33.4 Å². The number of rotatable bonds is 7. The molecule has 2 aliphatic rings. The lowest BCUT2D eigenvalue weighted by molar-refractivity contribution is -0.122. The van der Waals surface area contributed by atoms with Crippen molar-refractivity contribution in [1.29, 1.82) is 5.26 Å². The summed E-state index contributed by atoms with van der Waals surface area (Å²) in [6.07, 6.45) is 3.98.